The van der Waals surface area contributed by atoms with E-state index < -0.39 is 5.54 Å². The molecule has 0 unspecified atom stereocenters. The number of nitrogens with one attached hydrogen (secondary N) is 2. The lowest BCUT2D eigenvalue weighted by atomic mass is 10.1. The first-order valence-corrected chi connectivity index (χ1v) is 8.36. The van der Waals surface area contributed by atoms with Gasteiger partial charge >= 0.3 is 0 Å². The molecule has 0 aliphatic heterocycles. The van der Waals surface area contributed by atoms with Gasteiger partial charge in [0.15, 0.2) is 0 Å². The number of carbonyl (C=O) groups excluding carboxylic acids is 2. The van der Waals surface area contributed by atoms with Gasteiger partial charge in [-0.05, 0) is 26.0 Å². The first-order chi connectivity index (χ1) is 10.8. The molecule has 136 valence electrons. The quantitative estimate of drug-likeness (QED) is 0.448. The highest BCUT2D eigenvalue weighted by atomic mass is 35.5. The van der Waals surface area contributed by atoms with Gasteiger partial charge in [-0.3, -0.25) is 9.59 Å². The Labute approximate surface area is 153 Å². The number of benzene rings is 1. The van der Waals surface area contributed by atoms with Crippen LogP contribution in [-0.2, 0) is 9.53 Å². The zero-order valence-electron chi connectivity index (χ0n) is 14.3. The molecule has 0 saturated carbocycles. The lowest BCUT2D eigenvalue weighted by Crippen LogP contribution is -2.45. The van der Waals surface area contributed by atoms with Gasteiger partial charge in [-0.25, -0.2) is 0 Å². The number of nitrogens with two attached hydrogens (primary N) is 1. The lowest BCUT2D eigenvalue weighted by Gasteiger charge is -2.19. The summed E-state index contributed by atoms with van der Waals surface area (Å²) < 4.78 is 4.88. The van der Waals surface area contributed by atoms with Gasteiger partial charge in [0, 0.05) is 30.6 Å². The van der Waals surface area contributed by atoms with Crippen LogP contribution in [0.1, 0.15) is 24.2 Å². The minimum Gasteiger partial charge on any atom is -0.383 e. The molecule has 0 spiro atoms. The van der Waals surface area contributed by atoms with Crippen molar-refractivity contribution in [2.75, 3.05) is 32.6 Å². The third-order valence-corrected chi connectivity index (χ3v) is 3.90. The zero-order valence-corrected chi connectivity index (χ0v) is 15.9. The topological polar surface area (TPSA) is 93.4 Å². The van der Waals surface area contributed by atoms with Crippen molar-refractivity contribution in [3.8, 4) is 0 Å². The van der Waals surface area contributed by atoms with E-state index in [4.69, 9.17) is 10.5 Å². The van der Waals surface area contributed by atoms with Crippen molar-refractivity contribution >= 4 is 36.0 Å². The maximum Gasteiger partial charge on any atom is 0.252 e. The van der Waals surface area contributed by atoms with Crippen LogP contribution in [0.5, 0.6) is 0 Å². The van der Waals surface area contributed by atoms with E-state index in [-0.39, 0.29) is 30.0 Å². The molecule has 6 nitrogen and oxygen atoms in total. The molecule has 0 radical (unpaired) electrons. The zero-order chi connectivity index (χ0) is 17.3. The maximum absolute atomic E-state index is 12.3. The highest BCUT2D eigenvalue weighted by molar-refractivity contribution is 8.00. The van der Waals surface area contributed by atoms with E-state index in [1.54, 1.807) is 19.2 Å². The summed E-state index contributed by atoms with van der Waals surface area (Å²) in [6, 6.07) is 7.21. The summed E-state index contributed by atoms with van der Waals surface area (Å²) in [5.41, 5.74) is 5.95. The van der Waals surface area contributed by atoms with E-state index in [1.807, 2.05) is 26.0 Å². The molecule has 2 amide bonds. The van der Waals surface area contributed by atoms with Gasteiger partial charge in [-0.15, -0.1) is 24.2 Å². The molecular weight excluding hydrogens is 350 g/mol. The Morgan fingerprint density at radius 3 is 2.54 bits per heavy atom. The van der Waals surface area contributed by atoms with Gasteiger partial charge in [-0.2, -0.15) is 0 Å². The van der Waals surface area contributed by atoms with Crippen molar-refractivity contribution in [1.82, 2.24) is 10.6 Å². The van der Waals surface area contributed by atoms with E-state index in [0.717, 1.165) is 4.90 Å². The van der Waals surface area contributed by atoms with E-state index >= 15 is 0 Å². The Balaban J connectivity index is 0.00000529. The number of carbonyl (C=O) groups is 2. The second kappa shape index (κ2) is 11.3. The van der Waals surface area contributed by atoms with Crippen LogP contribution >= 0.6 is 24.2 Å². The van der Waals surface area contributed by atoms with E-state index in [2.05, 4.69) is 10.6 Å². The fourth-order valence-corrected chi connectivity index (χ4v) is 2.55. The summed E-state index contributed by atoms with van der Waals surface area (Å²) in [5, 5.41) is 5.56. The van der Waals surface area contributed by atoms with Gasteiger partial charge in [0.25, 0.3) is 5.91 Å². The van der Waals surface area contributed by atoms with Crippen LogP contribution in [-0.4, -0.2) is 49.9 Å². The van der Waals surface area contributed by atoms with Crippen molar-refractivity contribution in [1.29, 1.82) is 0 Å². The summed E-state index contributed by atoms with van der Waals surface area (Å²) in [4.78, 5) is 24.8. The SMILES string of the molecule is COCCNC(=O)CSc1ccccc1C(=O)NCC(C)(C)N.Cl. The van der Waals surface area contributed by atoms with E-state index in [1.165, 1.54) is 11.8 Å². The Hall–Kier alpha value is -1.28. The lowest BCUT2D eigenvalue weighted by molar-refractivity contribution is -0.118. The normalized spacial score (nSPS) is 10.7. The number of methoxy groups -OCH3 is 1. The van der Waals surface area contributed by atoms with Crippen molar-refractivity contribution in [2.45, 2.75) is 24.3 Å². The highest BCUT2D eigenvalue weighted by Crippen LogP contribution is 2.22. The number of hydrogen-bond donors (Lipinski definition) is 3. The second-order valence-corrected chi connectivity index (χ2v) is 6.82. The Kier molecular flexibility index (Phi) is 10.7. The number of amides is 2. The molecule has 1 aromatic carbocycles. The van der Waals surface area contributed by atoms with E-state index in [0.29, 0.717) is 25.3 Å². The number of thioether (sulfide) groups is 1. The van der Waals surface area contributed by atoms with Crippen LogP contribution in [0.15, 0.2) is 29.2 Å². The Morgan fingerprint density at radius 1 is 1.25 bits per heavy atom. The number of halogens is 1. The van der Waals surface area contributed by atoms with E-state index in [9.17, 15) is 9.59 Å². The summed E-state index contributed by atoms with van der Waals surface area (Å²) >= 11 is 1.33. The molecule has 0 fully saturated rings. The molecule has 1 aromatic rings. The molecular formula is C16H26ClN3O3S. The van der Waals surface area contributed by atoms with Crippen molar-refractivity contribution in [3.63, 3.8) is 0 Å². The fourth-order valence-electron chi connectivity index (χ4n) is 1.67. The standard InChI is InChI=1S/C16H25N3O3S.ClH/c1-16(2,17)11-19-15(21)12-6-4-5-7-13(12)23-10-14(20)18-8-9-22-3;/h4-7H,8-11,17H2,1-3H3,(H,18,20)(H,19,21);1H. The summed E-state index contributed by atoms with van der Waals surface area (Å²) in [6.45, 7) is 5.02. The average molecular weight is 376 g/mol. The maximum atomic E-state index is 12.3. The van der Waals surface area contributed by atoms with Gasteiger partial charge in [0.1, 0.15) is 0 Å². The predicted molar refractivity (Wildman–Crippen MR) is 99.9 cm³/mol. The monoisotopic (exact) mass is 375 g/mol. The second-order valence-electron chi connectivity index (χ2n) is 5.80. The van der Waals surface area contributed by atoms with Gasteiger partial charge in [0.2, 0.25) is 5.91 Å². The van der Waals surface area contributed by atoms with Crippen LogP contribution in [0.4, 0.5) is 0 Å². The molecule has 0 atom stereocenters. The van der Waals surface area contributed by atoms with Crippen molar-refractivity contribution in [2.24, 2.45) is 5.73 Å². The van der Waals surface area contributed by atoms with Crippen LogP contribution in [0.2, 0.25) is 0 Å². The van der Waals surface area contributed by atoms with Crippen molar-refractivity contribution in [3.05, 3.63) is 29.8 Å². The smallest absolute Gasteiger partial charge is 0.252 e. The summed E-state index contributed by atoms with van der Waals surface area (Å²) in [6.07, 6.45) is 0. The minimum absolute atomic E-state index is 0. The average Bonchev–Trinajstić information content (AvgIpc) is 2.50. The van der Waals surface area contributed by atoms with Gasteiger partial charge < -0.3 is 21.1 Å². The molecule has 0 heterocycles. The molecule has 4 N–H and O–H groups in total. The predicted octanol–water partition coefficient (Wildman–Crippen LogP) is 1.43. The minimum atomic E-state index is -0.473. The molecule has 0 aromatic heterocycles. The first kappa shape index (κ1) is 22.7. The Bertz CT molecular complexity index is 536. The molecule has 24 heavy (non-hydrogen) atoms. The van der Waals surface area contributed by atoms with Gasteiger partial charge in [0.05, 0.1) is 17.9 Å². The summed E-state index contributed by atoms with van der Waals surface area (Å²) in [7, 11) is 1.58. The third-order valence-electron chi connectivity index (χ3n) is 2.82. The largest absolute Gasteiger partial charge is 0.383 e. The van der Waals surface area contributed by atoms with Crippen LogP contribution in [0.3, 0.4) is 0 Å². The number of rotatable bonds is 9. The third kappa shape index (κ3) is 9.12. The van der Waals surface area contributed by atoms with Crippen molar-refractivity contribution < 1.29 is 14.3 Å². The fraction of sp³-hybridized carbons (Fsp3) is 0.500. The molecule has 0 aliphatic rings. The molecule has 0 aliphatic carbocycles. The van der Waals surface area contributed by atoms with Crippen LogP contribution in [0, 0.1) is 0 Å². The summed E-state index contributed by atoms with van der Waals surface area (Å²) in [5.74, 6) is -0.0344. The molecule has 0 bridgehead atoms. The molecule has 1 rings (SSSR count). The highest BCUT2D eigenvalue weighted by Gasteiger charge is 2.16. The molecule has 0 saturated heterocycles. The first-order valence-electron chi connectivity index (χ1n) is 7.38. The van der Waals surface area contributed by atoms with Gasteiger partial charge in [-0.1, -0.05) is 12.1 Å². The van der Waals surface area contributed by atoms with Crippen LogP contribution < -0.4 is 16.4 Å². The number of hydrogen-bond acceptors (Lipinski definition) is 5. The Morgan fingerprint density at radius 2 is 1.92 bits per heavy atom. The molecule has 8 heteroatoms. The number of ether oxygens (including phenoxy) is 1. The van der Waals surface area contributed by atoms with Crippen LogP contribution in [0.25, 0.3) is 0 Å².